The number of ether oxygens (including phenoxy) is 2. The Balaban J connectivity index is 2.34. The van der Waals surface area contributed by atoms with Crippen molar-refractivity contribution in [2.45, 2.75) is 51.0 Å². The van der Waals surface area contributed by atoms with Gasteiger partial charge in [-0.15, -0.1) is 0 Å². The average Bonchev–Trinajstić information content (AvgIpc) is 2.70. The molecule has 0 aromatic heterocycles. The van der Waals surface area contributed by atoms with Crippen LogP contribution >= 0.6 is 23.0 Å². The van der Waals surface area contributed by atoms with Crippen LogP contribution in [0, 0.1) is 0 Å². The first-order valence-electron chi connectivity index (χ1n) is 6.23. The zero-order chi connectivity index (χ0) is 13.4. The van der Waals surface area contributed by atoms with Crippen LogP contribution in [0.15, 0.2) is 0 Å². The van der Waals surface area contributed by atoms with E-state index >= 15 is 0 Å². The van der Waals surface area contributed by atoms with Gasteiger partial charge in [-0.25, -0.2) is 0 Å². The van der Waals surface area contributed by atoms with Crippen molar-refractivity contribution in [3.8, 4) is 0 Å². The summed E-state index contributed by atoms with van der Waals surface area (Å²) < 4.78 is 15.4. The fourth-order valence-corrected chi connectivity index (χ4v) is 2.39. The maximum Gasteiger partial charge on any atom is 0.306 e. The van der Waals surface area contributed by atoms with Gasteiger partial charge in [0.2, 0.25) is 0 Å². The minimum atomic E-state index is -0.779. The summed E-state index contributed by atoms with van der Waals surface area (Å²) in [5.41, 5.74) is -0.779. The van der Waals surface area contributed by atoms with Gasteiger partial charge in [0, 0.05) is 19.3 Å². The fraction of sp³-hybridized carbons (Fsp3) is 0.833. The SMILES string of the molecule is CCCCCC(=O)OCC1(COI)CCC(=O)O1. The minimum Gasteiger partial charge on any atom is -0.461 e. The smallest absolute Gasteiger partial charge is 0.306 e. The van der Waals surface area contributed by atoms with Crippen molar-refractivity contribution in [2.75, 3.05) is 13.2 Å². The van der Waals surface area contributed by atoms with Crippen molar-refractivity contribution in [2.24, 2.45) is 0 Å². The number of unbranched alkanes of at least 4 members (excludes halogenated alkanes) is 2. The van der Waals surface area contributed by atoms with Gasteiger partial charge in [0.25, 0.3) is 0 Å². The topological polar surface area (TPSA) is 61.8 Å². The van der Waals surface area contributed by atoms with Crippen LogP contribution in [0.3, 0.4) is 0 Å². The number of carbonyl (C=O) groups is 2. The third-order valence-corrected chi connectivity index (χ3v) is 3.22. The third-order valence-electron chi connectivity index (χ3n) is 2.91. The van der Waals surface area contributed by atoms with E-state index in [1.54, 1.807) is 23.0 Å². The summed E-state index contributed by atoms with van der Waals surface area (Å²) in [7, 11) is 0. The molecule has 0 aromatic rings. The van der Waals surface area contributed by atoms with Crippen molar-refractivity contribution < 1.29 is 22.1 Å². The standard InChI is InChI=1S/C12H19IO5/c1-2-3-4-5-10(14)16-8-12(9-17-13)7-6-11(15)18-12/h2-9H2,1H3. The second-order valence-electron chi connectivity index (χ2n) is 4.53. The van der Waals surface area contributed by atoms with Crippen molar-refractivity contribution in [1.29, 1.82) is 0 Å². The molecule has 1 unspecified atom stereocenters. The lowest BCUT2D eigenvalue weighted by Gasteiger charge is -2.25. The number of halogens is 1. The zero-order valence-corrected chi connectivity index (χ0v) is 12.7. The molecule has 1 aliphatic rings. The van der Waals surface area contributed by atoms with Crippen LogP contribution in [0.1, 0.15) is 45.4 Å². The summed E-state index contributed by atoms with van der Waals surface area (Å²) in [5, 5.41) is 0. The van der Waals surface area contributed by atoms with Gasteiger partial charge in [-0.3, -0.25) is 9.59 Å². The van der Waals surface area contributed by atoms with Crippen LogP contribution in [-0.2, 0) is 22.1 Å². The highest BCUT2D eigenvalue weighted by Gasteiger charge is 2.42. The van der Waals surface area contributed by atoms with E-state index in [2.05, 4.69) is 6.92 Å². The van der Waals surface area contributed by atoms with Crippen LogP contribution in [-0.4, -0.2) is 30.8 Å². The Morgan fingerprint density at radius 2 is 2.22 bits per heavy atom. The molecular formula is C12H19IO5. The molecule has 0 radical (unpaired) electrons. The molecule has 0 aliphatic carbocycles. The molecule has 1 rings (SSSR count). The minimum absolute atomic E-state index is 0.0900. The Morgan fingerprint density at radius 3 is 2.78 bits per heavy atom. The van der Waals surface area contributed by atoms with Crippen LogP contribution in [0.4, 0.5) is 0 Å². The van der Waals surface area contributed by atoms with Gasteiger partial charge in [-0.1, -0.05) is 19.8 Å². The Hall–Kier alpha value is -0.370. The van der Waals surface area contributed by atoms with Crippen LogP contribution in [0.5, 0.6) is 0 Å². The summed E-state index contributed by atoms with van der Waals surface area (Å²) in [6, 6.07) is 0. The number of carbonyl (C=O) groups excluding carboxylic acids is 2. The molecule has 0 bridgehead atoms. The lowest BCUT2D eigenvalue weighted by molar-refractivity contribution is -0.165. The number of hydrogen-bond donors (Lipinski definition) is 0. The van der Waals surface area contributed by atoms with Crippen LogP contribution < -0.4 is 0 Å². The molecule has 18 heavy (non-hydrogen) atoms. The molecule has 1 atom stereocenters. The number of rotatable bonds is 8. The van der Waals surface area contributed by atoms with E-state index in [9.17, 15) is 9.59 Å². The van der Waals surface area contributed by atoms with E-state index in [0.717, 1.165) is 19.3 Å². The second kappa shape index (κ2) is 7.93. The highest BCUT2D eigenvalue weighted by molar-refractivity contribution is 14.1. The van der Waals surface area contributed by atoms with Crippen molar-refractivity contribution >= 4 is 34.9 Å². The Bertz CT molecular complexity index is 294. The Morgan fingerprint density at radius 1 is 1.44 bits per heavy atom. The van der Waals surface area contributed by atoms with E-state index in [1.807, 2.05) is 0 Å². The third kappa shape index (κ3) is 5.09. The summed E-state index contributed by atoms with van der Waals surface area (Å²) in [6.07, 6.45) is 4.24. The molecule has 1 aliphatic heterocycles. The van der Waals surface area contributed by atoms with Crippen molar-refractivity contribution in [1.82, 2.24) is 0 Å². The first-order valence-corrected chi connectivity index (χ1v) is 7.11. The molecule has 1 heterocycles. The van der Waals surface area contributed by atoms with Crippen LogP contribution in [0.25, 0.3) is 0 Å². The summed E-state index contributed by atoms with van der Waals surface area (Å²) >= 11 is 1.75. The van der Waals surface area contributed by atoms with E-state index in [-0.39, 0.29) is 25.2 Å². The van der Waals surface area contributed by atoms with Gasteiger partial charge in [-0.05, 0) is 6.42 Å². The van der Waals surface area contributed by atoms with Gasteiger partial charge in [0.15, 0.2) is 5.60 Å². The van der Waals surface area contributed by atoms with Gasteiger partial charge < -0.3 is 12.5 Å². The quantitative estimate of drug-likeness (QED) is 0.373. The first-order chi connectivity index (χ1) is 8.62. The molecule has 0 N–H and O–H groups in total. The second-order valence-corrected chi connectivity index (χ2v) is 5.15. The Labute approximate surface area is 121 Å². The normalized spacial score (nSPS) is 22.9. The molecule has 0 spiro atoms. The highest BCUT2D eigenvalue weighted by Crippen LogP contribution is 2.28. The predicted octanol–water partition coefficient (Wildman–Crippen LogP) is 2.55. The van der Waals surface area contributed by atoms with E-state index in [1.165, 1.54) is 0 Å². The Kier molecular flexibility index (Phi) is 6.91. The van der Waals surface area contributed by atoms with Crippen molar-refractivity contribution in [3.05, 3.63) is 0 Å². The lowest BCUT2D eigenvalue weighted by atomic mass is 10.0. The maximum absolute atomic E-state index is 11.5. The molecule has 0 saturated carbocycles. The highest BCUT2D eigenvalue weighted by atomic mass is 127. The monoisotopic (exact) mass is 370 g/mol. The largest absolute Gasteiger partial charge is 0.461 e. The molecule has 1 saturated heterocycles. The molecule has 1 fully saturated rings. The molecule has 0 aromatic carbocycles. The number of cyclic esters (lactones) is 1. The van der Waals surface area contributed by atoms with Gasteiger partial charge >= 0.3 is 11.9 Å². The maximum atomic E-state index is 11.5. The summed E-state index contributed by atoms with van der Waals surface area (Å²) in [6.45, 7) is 2.42. The lowest BCUT2D eigenvalue weighted by Crippen LogP contribution is -2.39. The number of esters is 2. The molecule has 6 heteroatoms. The van der Waals surface area contributed by atoms with Gasteiger partial charge in [0.05, 0.1) is 0 Å². The van der Waals surface area contributed by atoms with Crippen LogP contribution in [0.2, 0.25) is 0 Å². The van der Waals surface area contributed by atoms with E-state index < -0.39 is 5.60 Å². The zero-order valence-electron chi connectivity index (χ0n) is 10.6. The predicted molar refractivity (Wildman–Crippen MR) is 73.1 cm³/mol. The molecule has 0 amide bonds. The average molecular weight is 370 g/mol. The molecule has 104 valence electrons. The van der Waals surface area contributed by atoms with E-state index in [4.69, 9.17) is 12.5 Å². The van der Waals surface area contributed by atoms with Crippen molar-refractivity contribution in [3.63, 3.8) is 0 Å². The van der Waals surface area contributed by atoms with Gasteiger partial charge in [-0.2, -0.15) is 0 Å². The number of hydrogen-bond acceptors (Lipinski definition) is 5. The van der Waals surface area contributed by atoms with E-state index in [0.29, 0.717) is 19.3 Å². The van der Waals surface area contributed by atoms with Gasteiger partial charge in [0.1, 0.15) is 36.2 Å². The summed E-state index contributed by atoms with van der Waals surface area (Å²) in [4.78, 5) is 22.7. The molecule has 5 nitrogen and oxygen atoms in total. The first kappa shape index (κ1) is 15.7. The molecular weight excluding hydrogens is 351 g/mol. The fourth-order valence-electron chi connectivity index (χ4n) is 1.82. The summed E-state index contributed by atoms with van der Waals surface area (Å²) in [5.74, 6) is -0.496.